The van der Waals surface area contributed by atoms with E-state index in [4.69, 9.17) is 0 Å². The maximum absolute atomic E-state index is 4.55. The minimum absolute atomic E-state index is 0.624. The molecule has 3 aromatic rings. The first-order valence-corrected chi connectivity index (χ1v) is 6.81. The Hall–Kier alpha value is -2.86. The number of aromatic nitrogens is 3. The Morgan fingerprint density at radius 2 is 1.90 bits per heavy atom. The minimum Gasteiger partial charge on any atom is -0.264 e. The van der Waals surface area contributed by atoms with Crippen LogP contribution < -0.4 is 0 Å². The molecular weight excluding hydrogens is 258 g/mol. The average molecular weight is 273 g/mol. The minimum atomic E-state index is 0.624. The van der Waals surface area contributed by atoms with Crippen LogP contribution in [0.4, 0.5) is 0 Å². The summed E-state index contributed by atoms with van der Waals surface area (Å²) in [7, 11) is 0. The molecule has 3 rings (SSSR count). The van der Waals surface area contributed by atoms with E-state index in [2.05, 4.69) is 46.2 Å². The number of nitrogens with zero attached hydrogens (tertiary/aromatic N) is 3. The molecule has 0 radical (unpaired) electrons. The van der Waals surface area contributed by atoms with Gasteiger partial charge in [0.15, 0.2) is 0 Å². The highest BCUT2D eigenvalue weighted by Crippen LogP contribution is 2.24. The molecule has 0 aliphatic carbocycles. The van der Waals surface area contributed by atoms with E-state index in [1.54, 1.807) is 6.20 Å². The van der Waals surface area contributed by atoms with Crippen LogP contribution in [0.3, 0.4) is 0 Å². The van der Waals surface area contributed by atoms with Crippen molar-refractivity contribution in [1.29, 1.82) is 0 Å². The molecule has 0 atom stereocenters. The summed E-state index contributed by atoms with van der Waals surface area (Å²) >= 11 is 0. The van der Waals surface area contributed by atoms with Gasteiger partial charge >= 0.3 is 0 Å². The summed E-state index contributed by atoms with van der Waals surface area (Å²) in [5, 5.41) is 4.55. The van der Waals surface area contributed by atoms with Crippen LogP contribution in [0.1, 0.15) is 6.92 Å². The van der Waals surface area contributed by atoms with Crippen LogP contribution in [0.2, 0.25) is 0 Å². The van der Waals surface area contributed by atoms with Gasteiger partial charge in [0.05, 0.1) is 5.69 Å². The molecule has 102 valence electrons. The molecule has 0 spiro atoms. The van der Waals surface area contributed by atoms with Crippen LogP contribution in [-0.4, -0.2) is 14.8 Å². The fourth-order valence-corrected chi connectivity index (χ4v) is 2.16. The first-order chi connectivity index (χ1) is 10.4. The van der Waals surface area contributed by atoms with Crippen LogP contribution in [0.15, 0.2) is 61.1 Å². The van der Waals surface area contributed by atoms with Crippen molar-refractivity contribution in [3.05, 3.63) is 61.1 Å². The van der Waals surface area contributed by atoms with Gasteiger partial charge in [-0.25, -0.2) is 0 Å². The second kappa shape index (κ2) is 6.06. The van der Waals surface area contributed by atoms with Crippen LogP contribution in [0.25, 0.3) is 22.4 Å². The lowest BCUT2D eigenvalue weighted by Crippen LogP contribution is -1.96. The third-order valence-corrected chi connectivity index (χ3v) is 3.21. The van der Waals surface area contributed by atoms with Crippen molar-refractivity contribution >= 4 is 0 Å². The van der Waals surface area contributed by atoms with E-state index in [1.807, 2.05) is 42.2 Å². The van der Waals surface area contributed by atoms with E-state index in [0.717, 1.165) is 22.4 Å². The molecule has 0 unspecified atom stereocenters. The lowest BCUT2D eigenvalue weighted by atomic mass is 10.0. The fourth-order valence-electron chi connectivity index (χ4n) is 2.16. The summed E-state index contributed by atoms with van der Waals surface area (Å²) in [6.45, 7) is 2.46. The largest absolute Gasteiger partial charge is 0.264 e. The molecule has 0 saturated carbocycles. The zero-order valence-corrected chi connectivity index (χ0v) is 11.8. The number of rotatable bonds is 3. The molecule has 3 heteroatoms. The van der Waals surface area contributed by atoms with Crippen LogP contribution >= 0.6 is 0 Å². The maximum Gasteiger partial charge on any atom is 0.102 e. The molecule has 0 saturated heterocycles. The predicted octanol–water partition coefficient (Wildman–Crippen LogP) is 3.64. The molecule has 0 N–H and O–H groups in total. The van der Waals surface area contributed by atoms with E-state index in [0.29, 0.717) is 6.54 Å². The predicted molar refractivity (Wildman–Crippen MR) is 84.3 cm³/mol. The summed E-state index contributed by atoms with van der Waals surface area (Å²) in [6, 6.07) is 14.3. The summed E-state index contributed by atoms with van der Waals surface area (Å²) in [5.74, 6) is 5.89. The van der Waals surface area contributed by atoms with Crippen LogP contribution in [0.5, 0.6) is 0 Å². The molecule has 2 heterocycles. The summed E-state index contributed by atoms with van der Waals surface area (Å²) in [6.07, 6.45) is 5.61. The van der Waals surface area contributed by atoms with E-state index in [-0.39, 0.29) is 0 Å². The van der Waals surface area contributed by atoms with Crippen molar-refractivity contribution < 1.29 is 0 Å². The van der Waals surface area contributed by atoms with Gasteiger partial charge in [-0.2, -0.15) is 5.10 Å². The van der Waals surface area contributed by atoms with E-state index in [1.165, 1.54) is 0 Å². The van der Waals surface area contributed by atoms with Crippen molar-refractivity contribution in [1.82, 2.24) is 14.8 Å². The Labute approximate surface area is 124 Å². The Balaban J connectivity index is 1.92. The standard InChI is InChI=1S/C18H15N3/c1-2-3-11-21-12-9-18(20-21)16-7-4-6-15(13-16)17-8-5-10-19-14-17/h4-10,12-14H,11H2,1H3. The SMILES string of the molecule is CC#CCn1ccc(-c2cccc(-c3cccnc3)c2)n1. The smallest absolute Gasteiger partial charge is 0.102 e. The maximum atomic E-state index is 4.55. The number of hydrogen-bond acceptors (Lipinski definition) is 2. The highest BCUT2D eigenvalue weighted by atomic mass is 15.3. The van der Waals surface area contributed by atoms with E-state index in [9.17, 15) is 0 Å². The molecule has 0 aliphatic heterocycles. The van der Waals surface area contributed by atoms with Crippen molar-refractivity contribution in [3.63, 3.8) is 0 Å². The third kappa shape index (κ3) is 3.01. The van der Waals surface area contributed by atoms with Crippen LogP contribution in [0, 0.1) is 11.8 Å². The molecule has 3 nitrogen and oxygen atoms in total. The van der Waals surface area contributed by atoms with Gasteiger partial charge in [-0.05, 0) is 30.7 Å². The molecule has 0 bridgehead atoms. The summed E-state index contributed by atoms with van der Waals surface area (Å²) in [5.41, 5.74) is 4.30. The Morgan fingerprint density at radius 3 is 2.71 bits per heavy atom. The lowest BCUT2D eigenvalue weighted by Gasteiger charge is -2.03. The molecule has 1 aromatic carbocycles. The highest BCUT2D eigenvalue weighted by molar-refractivity contribution is 5.70. The van der Waals surface area contributed by atoms with Gasteiger partial charge < -0.3 is 0 Å². The molecular formula is C18H15N3. The third-order valence-electron chi connectivity index (χ3n) is 3.21. The number of pyridine rings is 1. The van der Waals surface area contributed by atoms with Gasteiger partial charge in [0.25, 0.3) is 0 Å². The Bertz CT molecular complexity index is 792. The zero-order chi connectivity index (χ0) is 14.5. The average Bonchev–Trinajstić information content (AvgIpc) is 3.03. The second-order valence-corrected chi connectivity index (χ2v) is 4.65. The van der Waals surface area contributed by atoms with E-state index < -0.39 is 0 Å². The van der Waals surface area contributed by atoms with Crippen molar-refractivity contribution in [2.75, 3.05) is 0 Å². The van der Waals surface area contributed by atoms with Gasteiger partial charge in [0, 0.05) is 29.7 Å². The van der Waals surface area contributed by atoms with Crippen molar-refractivity contribution in [3.8, 4) is 34.2 Å². The molecule has 2 aromatic heterocycles. The van der Waals surface area contributed by atoms with Gasteiger partial charge in [-0.3, -0.25) is 9.67 Å². The number of hydrogen-bond donors (Lipinski definition) is 0. The van der Waals surface area contributed by atoms with Gasteiger partial charge in [0.2, 0.25) is 0 Å². The number of benzene rings is 1. The second-order valence-electron chi connectivity index (χ2n) is 4.65. The Morgan fingerprint density at radius 1 is 1.05 bits per heavy atom. The van der Waals surface area contributed by atoms with Gasteiger partial charge in [0.1, 0.15) is 6.54 Å². The quantitative estimate of drug-likeness (QED) is 0.682. The molecule has 0 aliphatic rings. The molecule has 0 amide bonds. The topological polar surface area (TPSA) is 30.7 Å². The summed E-state index contributed by atoms with van der Waals surface area (Å²) < 4.78 is 1.85. The first-order valence-electron chi connectivity index (χ1n) is 6.81. The van der Waals surface area contributed by atoms with Gasteiger partial charge in [-0.1, -0.05) is 30.2 Å². The van der Waals surface area contributed by atoms with Crippen molar-refractivity contribution in [2.45, 2.75) is 13.5 Å². The normalized spacial score (nSPS) is 9.95. The molecule has 21 heavy (non-hydrogen) atoms. The lowest BCUT2D eigenvalue weighted by molar-refractivity contribution is 0.718. The summed E-state index contributed by atoms with van der Waals surface area (Å²) in [4.78, 5) is 4.17. The monoisotopic (exact) mass is 273 g/mol. The first kappa shape index (κ1) is 13.1. The van der Waals surface area contributed by atoms with E-state index >= 15 is 0 Å². The van der Waals surface area contributed by atoms with Gasteiger partial charge in [-0.15, -0.1) is 5.92 Å². The highest BCUT2D eigenvalue weighted by Gasteiger charge is 2.04. The molecule has 0 fully saturated rings. The zero-order valence-electron chi connectivity index (χ0n) is 11.8. The van der Waals surface area contributed by atoms with Crippen molar-refractivity contribution in [2.24, 2.45) is 0 Å². The fraction of sp³-hybridized carbons (Fsp3) is 0.111. The van der Waals surface area contributed by atoms with Crippen LogP contribution in [-0.2, 0) is 6.54 Å². The Kier molecular flexibility index (Phi) is 3.79.